The van der Waals surface area contributed by atoms with E-state index in [1.165, 1.54) is 21.0 Å². The van der Waals surface area contributed by atoms with Crippen molar-refractivity contribution in [3.63, 3.8) is 0 Å². The van der Waals surface area contributed by atoms with Gasteiger partial charge in [-0.3, -0.25) is 9.36 Å². The number of fused-ring (bicyclic) bond motifs is 1. The second-order valence-electron chi connectivity index (χ2n) is 9.04. The van der Waals surface area contributed by atoms with E-state index in [0.717, 1.165) is 19.5 Å². The number of likely N-dealkylation sites (N-methyl/N-ethyl adjacent to an activating group) is 1. The van der Waals surface area contributed by atoms with Gasteiger partial charge in [-0.15, -0.1) is 0 Å². The standard InChI is InChI=1S/C21H30N4O5S/c1-15-10-16(2)13-24(12-15)31(28,29)17-4-5-18-19(11-17)30-21(27)25(18)14-20(26)23-8-6-22(3)7-9-23/h4-5,11,15-16H,6-10,12-14H2,1-3H3/t15-,16+. The van der Waals surface area contributed by atoms with Gasteiger partial charge in [-0.2, -0.15) is 4.31 Å². The van der Waals surface area contributed by atoms with Gasteiger partial charge in [-0.1, -0.05) is 13.8 Å². The average Bonchev–Trinajstić information content (AvgIpc) is 3.02. The van der Waals surface area contributed by atoms with E-state index in [0.29, 0.717) is 43.5 Å². The minimum atomic E-state index is -3.69. The molecule has 0 unspecified atom stereocenters. The molecule has 10 heteroatoms. The molecule has 170 valence electrons. The Bertz CT molecular complexity index is 1120. The molecule has 2 aliphatic heterocycles. The van der Waals surface area contributed by atoms with Crippen LogP contribution in [0.1, 0.15) is 20.3 Å². The second-order valence-corrected chi connectivity index (χ2v) is 11.0. The largest absolute Gasteiger partial charge is 0.420 e. The van der Waals surface area contributed by atoms with Gasteiger partial charge < -0.3 is 14.2 Å². The number of hydrogen-bond acceptors (Lipinski definition) is 6. The van der Waals surface area contributed by atoms with Gasteiger partial charge >= 0.3 is 5.76 Å². The van der Waals surface area contributed by atoms with Crippen LogP contribution in [0.4, 0.5) is 0 Å². The number of carbonyl (C=O) groups is 1. The molecule has 1 amide bonds. The Morgan fingerprint density at radius 3 is 2.39 bits per heavy atom. The zero-order chi connectivity index (χ0) is 22.3. The summed E-state index contributed by atoms with van der Waals surface area (Å²) in [5.41, 5.74) is 0.599. The summed E-state index contributed by atoms with van der Waals surface area (Å²) < 4.78 is 34.4. The van der Waals surface area contributed by atoms with E-state index in [9.17, 15) is 18.0 Å². The fraction of sp³-hybridized carbons (Fsp3) is 0.619. The Labute approximate surface area is 182 Å². The van der Waals surface area contributed by atoms with Crippen LogP contribution in [0.2, 0.25) is 0 Å². The van der Waals surface area contributed by atoms with E-state index in [1.54, 1.807) is 11.0 Å². The average molecular weight is 451 g/mol. The van der Waals surface area contributed by atoms with E-state index in [1.807, 2.05) is 7.05 Å². The van der Waals surface area contributed by atoms with E-state index in [4.69, 9.17) is 4.42 Å². The summed E-state index contributed by atoms with van der Waals surface area (Å²) >= 11 is 0. The third kappa shape index (κ3) is 4.42. The molecule has 9 nitrogen and oxygen atoms in total. The number of carbonyl (C=O) groups excluding carboxylic acids is 1. The number of oxazole rings is 1. The number of benzene rings is 1. The fourth-order valence-electron chi connectivity index (χ4n) is 4.60. The molecule has 2 atom stereocenters. The third-order valence-corrected chi connectivity index (χ3v) is 8.09. The van der Waals surface area contributed by atoms with E-state index >= 15 is 0 Å². The van der Waals surface area contributed by atoms with Crippen LogP contribution in [0.25, 0.3) is 11.1 Å². The number of aromatic nitrogens is 1. The summed E-state index contributed by atoms with van der Waals surface area (Å²) in [6.45, 7) is 7.77. The molecular formula is C21H30N4O5S. The monoisotopic (exact) mass is 450 g/mol. The Morgan fingerprint density at radius 2 is 1.74 bits per heavy atom. The number of sulfonamides is 1. The smallest absolute Gasteiger partial charge is 0.408 e. The van der Waals surface area contributed by atoms with Crippen molar-refractivity contribution in [1.82, 2.24) is 18.7 Å². The van der Waals surface area contributed by atoms with Crippen molar-refractivity contribution >= 4 is 27.0 Å². The van der Waals surface area contributed by atoms with Crippen molar-refractivity contribution in [1.29, 1.82) is 0 Å². The maximum atomic E-state index is 13.2. The summed E-state index contributed by atoms with van der Waals surface area (Å²) in [6, 6.07) is 4.45. The lowest BCUT2D eigenvalue weighted by molar-refractivity contribution is -0.133. The van der Waals surface area contributed by atoms with E-state index in [2.05, 4.69) is 18.7 Å². The number of hydrogen-bond donors (Lipinski definition) is 0. The van der Waals surface area contributed by atoms with Gasteiger partial charge in [-0.25, -0.2) is 13.2 Å². The van der Waals surface area contributed by atoms with Crippen molar-refractivity contribution < 1.29 is 17.6 Å². The van der Waals surface area contributed by atoms with Crippen LogP contribution in [0.5, 0.6) is 0 Å². The third-order valence-electron chi connectivity index (χ3n) is 6.26. The Hall–Kier alpha value is -2.17. The molecule has 31 heavy (non-hydrogen) atoms. The first-order valence-electron chi connectivity index (χ1n) is 10.7. The zero-order valence-corrected chi connectivity index (χ0v) is 19.1. The van der Waals surface area contributed by atoms with Crippen LogP contribution in [-0.2, 0) is 21.4 Å². The lowest BCUT2D eigenvalue weighted by Gasteiger charge is -2.34. The number of rotatable bonds is 4. The zero-order valence-electron chi connectivity index (χ0n) is 18.3. The lowest BCUT2D eigenvalue weighted by Crippen LogP contribution is -2.48. The minimum Gasteiger partial charge on any atom is -0.408 e. The van der Waals surface area contributed by atoms with Crippen molar-refractivity contribution in [2.24, 2.45) is 11.8 Å². The molecular weight excluding hydrogens is 420 g/mol. The highest BCUT2D eigenvalue weighted by atomic mass is 32.2. The molecule has 1 aromatic carbocycles. The molecule has 0 spiro atoms. The highest BCUT2D eigenvalue weighted by Gasteiger charge is 2.32. The SMILES string of the molecule is C[C@@H]1C[C@H](C)CN(S(=O)(=O)c2ccc3c(c2)oc(=O)n3CC(=O)N2CCN(C)CC2)C1. The Balaban J connectivity index is 1.58. The number of piperidine rings is 1. The molecule has 2 aliphatic rings. The predicted molar refractivity (Wildman–Crippen MR) is 116 cm³/mol. The molecule has 0 aliphatic carbocycles. The minimum absolute atomic E-state index is 0.104. The van der Waals surface area contributed by atoms with Crippen LogP contribution < -0.4 is 5.76 Å². The molecule has 3 heterocycles. The van der Waals surface area contributed by atoms with Gasteiger partial charge in [0.2, 0.25) is 15.9 Å². The van der Waals surface area contributed by atoms with Crippen LogP contribution in [0.15, 0.2) is 32.3 Å². The molecule has 0 radical (unpaired) electrons. The number of nitrogens with zero attached hydrogens (tertiary/aromatic N) is 4. The van der Waals surface area contributed by atoms with Crippen LogP contribution in [0.3, 0.4) is 0 Å². The van der Waals surface area contributed by atoms with E-state index < -0.39 is 15.8 Å². The fourth-order valence-corrected chi connectivity index (χ4v) is 6.29. The van der Waals surface area contributed by atoms with Gasteiger partial charge in [0.05, 0.1) is 10.4 Å². The number of piperazine rings is 1. The van der Waals surface area contributed by atoms with Crippen LogP contribution in [0, 0.1) is 11.8 Å². The lowest BCUT2D eigenvalue weighted by atomic mass is 9.94. The normalized spacial score (nSPS) is 24.0. The molecule has 2 aromatic rings. The quantitative estimate of drug-likeness (QED) is 0.691. The van der Waals surface area contributed by atoms with Gasteiger partial charge in [0.15, 0.2) is 5.58 Å². The summed E-state index contributed by atoms with van der Waals surface area (Å²) in [5.74, 6) is -0.221. The van der Waals surface area contributed by atoms with Gasteiger partial charge in [0.1, 0.15) is 6.54 Å². The van der Waals surface area contributed by atoms with Crippen LogP contribution >= 0.6 is 0 Å². The maximum Gasteiger partial charge on any atom is 0.420 e. The molecule has 2 fully saturated rings. The van der Waals surface area contributed by atoms with Crippen molar-refractivity contribution in [3.05, 3.63) is 28.7 Å². The van der Waals surface area contributed by atoms with Gasteiger partial charge in [0.25, 0.3) is 0 Å². The summed E-state index contributed by atoms with van der Waals surface area (Å²) in [5, 5.41) is 0. The highest BCUT2D eigenvalue weighted by Crippen LogP contribution is 2.28. The summed E-state index contributed by atoms with van der Waals surface area (Å²) in [7, 11) is -1.68. The molecule has 1 aromatic heterocycles. The Morgan fingerprint density at radius 1 is 1.10 bits per heavy atom. The number of amides is 1. The van der Waals surface area contributed by atoms with Crippen molar-refractivity contribution in [2.45, 2.75) is 31.7 Å². The molecule has 4 rings (SSSR count). The first-order valence-corrected chi connectivity index (χ1v) is 12.2. The van der Waals surface area contributed by atoms with Crippen molar-refractivity contribution in [2.75, 3.05) is 46.3 Å². The summed E-state index contributed by atoms with van der Waals surface area (Å²) in [6.07, 6.45) is 1.00. The summed E-state index contributed by atoms with van der Waals surface area (Å²) in [4.78, 5) is 29.1. The van der Waals surface area contributed by atoms with Crippen molar-refractivity contribution in [3.8, 4) is 0 Å². The molecule has 0 N–H and O–H groups in total. The van der Waals surface area contributed by atoms with Crippen LogP contribution in [-0.4, -0.2) is 79.3 Å². The molecule has 0 saturated carbocycles. The predicted octanol–water partition coefficient (Wildman–Crippen LogP) is 1.04. The Kier molecular flexibility index (Phi) is 5.97. The first-order chi connectivity index (χ1) is 14.6. The van der Waals surface area contributed by atoms with Gasteiger partial charge in [0, 0.05) is 45.3 Å². The maximum absolute atomic E-state index is 13.2. The topological polar surface area (TPSA) is 96.1 Å². The first kappa shape index (κ1) is 22.0. The van der Waals surface area contributed by atoms with E-state index in [-0.39, 0.29) is 22.9 Å². The molecule has 2 saturated heterocycles. The van der Waals surface area contributed by atoms with Gasteiger partial charge in [-0.05, 0) is 37.4 Å². The second kappa shape index (κ2) is 8.40. The highest BCUT2D eigenvalue weighted by molar-refractivity contribution is 7.89. The molecule has 0 bridgehead atoms.